The third-order valence-electron chi connectivity index (χ3n) is 2.77. The fourth-order valence-electron chi connectivity index (χ4n) is 1.83. The Hall–Kier alpha value is -1.28. The van der Waals surface area contributed by atoms with Crippen molar-refractivity contribution < 1.29 is 4.79 Å². The van der Waals surface area contributed by atoms with E-state index in [9.17, 15) is 4.79 Å². The number of hydrogen-bond donors (Lipinski definition) is 1. The minimum atomic E-state index is 0.0671. The number of nitrogens with one attached hydrogen (secondary N) is 1. The van der Waals surface area contributed by atoms with Crippen LogP contribution >= 0.6 is 11.6 Å². The zero-order valence-corrected chi connectivity index (χ0v) is 9.70. The van der Waals surface area contributed by atoms with Crippen molar-refractivity contribution in [3.05, 3.63) is 41.4 Å². The van der Waals surface area contributed by atoms with Gasteiger partial charge in [0.2, 0.25) is 5.91 Å². The zero-order valence-electron chi connectivity index (χ0n) is 8.95. The molecule has 0 unspecified atom stereocenters. The molecular weight excluding hydrogens is 222 g/mol. The zero-order chi connectivity index (χ0) is 11.4. The van der Waals surface area contributed by atoms with Gasteiger partial charge >= 0.3 is 0 Å². The highest BCUT2D eigenvalue weighted by Crippen LogP contribution is 2.24. The summed E-state index contributed by atoms with van der Waals surface area (Å²) in [6.07, 6.45) is 6.93. The van der Waals surface area contributed by atoms with Crippen LogP contribution in [0.3, 0.4) is 0 Å². The van der Waals surface area contributed by atoms with Gasteiger partial charge in [-0.1, -0.05) is 35.9 Å². The van der Waals surface area contributed by atoms with Gasteiger partial charge in [-0.05, 0) is 31.4 Å². The van der Waals surface area contributed by atoms with Crippen molar-refractivity contribution in [2.45, 2.75) is 19.3 Å². The van der Waals surface area contributed by atoms with Gasteiger partial charge < -0.3 is 5.32 Å². The second-order valence-electron chi connectivity index (χ2n) is 3.95. The number of halogens is 1. The van der Waals surface area contributed by atoms with Crippen LogP contribution in [-0.4, -0.2) is 5.91 Å². The summed E-state index contributed by atoms with van der Waals surface area (Å²) in [6, 6.07) is 7.31. The smallest absolute Gasteiger partial charge is 0.227 e. The van der Waals surface area contributed by atoms with E-state index in [1.54, 1.807) is 6.07 Å². The minimum Gasteiger partial charge on any atom is -0.325 e. The Morgan fingerprint density at radius 2 is 2.12 bits per heavy atom. The first kappa shape index (κ1) is 11.2. The molecule has 0 bridgehead atoms. The summed E-state index contributed by atoms with van der Waals surface area (Å²) in [7, 11) is 0. The predicted octanol–water partition coefficient (Wildman–Crippen LogP) is 3.63. The molecule has 1 amide bonds. The number of benzene rings is 1. The molecule has 2 nitrogen and oxygen atoms in total. The topological polar surface area (TPSA) is 29.1 Å². The average molecular weight is 236 g/mol. The van der Waals surface area contributed by atoms with Gasteiger partial charge in [-0.3, -0.25) is 4.79 Å². The lowest BCUT2D eigenvalue weighted by Gasteiger charge is -2.17. The molecule has 0 saturated heterocycles. The quantitative estimate of drug-likeness (QED) is 0.780. The second kappa shape index (κ2) is 5.17. The van der Waals surface area contributed by atoms with Gasteiger partial charge in [0.25, 0.3) is 0 Å². The number of hydrogen-bond acceptors (Lipinski definition) is 1. The lowest BCUT2D eigenvalue weighted by atomic mass is 9.93. The van der Waals surface area contributed by atoms with Crippen LogP contribution < -0.4 is 5.32 Å². The van der Waals surface area contributed by atoms with Crippen LogP contribution in [0.1, 0.15) is 19.3 Å². The Balaban J connectivity index is 2.02. The van der Waals surface area contributed by atoms with Gasteiger partial charge in [0, 0.05) is 5.92 Å². The summed E-state index contributed by atoms with van der Waals surface area (Å²) >= 11 is 5.98. The maximum absolute atomic E-state index is 11.9. The molecule has 1 N–H and O–H groups in total. The Kier molecular flexibility index (Phi) is 3.62. The molecule has 0 radical (unpaired) electrons. The van der Waals surface area contributed by atoms with E-state index in [0.29, 0.717) is 10.7 Å². The summed E-state index contributed by atoms with van der Waals surface area (Å²) in [6.45, 7) is 0. The maximum Gasteiger partial charge on any atom is 0.227 e. The molecule has 0 heterocycles. The number of para-hydroxylation sites is 1. The number of allylic oxidation sites excluding steroid dienone is 2. The third kappa shape index (κ3) is 2.64. The summed E-state index contributed by atoms with van der Waals surface area (Å²) in [5.74, 6) is 0.152. The van der Waals surface area contributed by atoms with Crippen molar-refractivity contribution >= 4 is 23.2 Å². The molecule has 1 aromatic rings. The number of amides is 1. The molecule has 0 aromatic heterocycles. The molecule has 0 spiro atoms. The van der Waals surface area contributed by atoms with Crippen LogP contribution in [0.5, 0.6) is 0 Å². The van der Waals surface area contributed by atoms with Gasteiger partial charge in [-0.15, -0.1) is 0 Å². The standard InChI is InChI=1S/C13H14ClNO/c14-11-8-4-5-9-12(11)15-13(16)10-6-2-1-3-7-10/h1-2,4-5,8-10H,3,6-7H2,(H,15,16)/t10-/m1/s1. The van der Waals surface area contributed by atoms with Crippen molar-refractivity contribution in [2.75, 3.05) is 5.32 Å². The van der Waals surface area contributed by atoms with E-state index >= 15 is 0 Å². The highest BCUT2D eigenvalue weighted by atomic mass is 35.5. The first-order chi connectivity index (χ1) is 7.77. The predicted molar refractivity (Wildman–Crippen MR) is 66.6 cm³/mol. The average Bonchev–Trinajstić information content (AvgIpc) is 2.33. The highest BCUT2D eigenvalue weighted by Gasteiger charge is 2.19. The third-order valence-corrected chi connectivity index (χ3v) is 3.10. The Morgan fingerprint density at radius 1 is 1.31 bits per heavy atom. The van der Waals surface area contributed by atoms with Gasteiger partial charge in [-0.25, -0.2) is 0 Å². The SMILES string of the molecule is O=C(Nc1ccccc1Cl)[C@@H]1CC=CCC1. The number of anilines is 1. The summed E-state index contributed by atoms with van der Waals surface area (Å²) in [4.78, 5) is 11.9. The first-order valence-corrected chi connectivity index (χ1v) is 5.85. The summed E-state index contributed by atoms with van der Waals surface area (Å²) in [5, 5.41) is 3.46. The van der Waals surface area contributed by atoms with E-state index in [1.165, 1.54) is 0 Å². The van der Waals surface area contributed by atoms with E-state index in [4.69, 9.17) is 11.6 Å². The molecule has 0 fully saturated rings. The second-order valence-corrected chi connectivity index (χ2v) is 4.36. The van der Waals surface area contributed by atoms with Gasteiger partial charge in [0.1, 0.15) is 0 Å². The number of carbonyl (C=O) groups excluding carboxylic acids is 1. The van der Waals surface area contributed by atoms with Crippen LogP contribution in [0.15, 0.2) is 36.4 Å². The molecule has 84 valence electrons. The molecule has 0 saturated carbocycles. The van der Waals surface area contributed by atoms with Gasteiger partial charge in [0.05, 0.1) is 10.7 Å². The molecule has 0 aliphatic heterocycles. The summed E-state index contributed by atoms with van der Waals surface area (Å²) in [5.41, 5.74) is 0.698. The molecule has 16 heavy (non-hydrogen) atoms. The fourth-order valence-corrected chi connectivity index (χ4v) is 2.01. The normalized spacial score (nSPS) is 19.4. The van der Waals surface area contributed by atoms with E-state index in [-0.39, 0.29) is 11.8 Å². The molecule has 1 atom stereocenters. The fraction of sp³-hybridized carbons (Fsp3) is 0.308. The summed E-state index contributed by atoms with van der Waals surface area (Å²) < 4.78 is 0. The monoisotopic (exact) mass is 235 g/mol. The van der Waals surface area contributed by atoms with Gasteiger partial charge in [-0.2, -0.15) is 0 Å². The first-order valence-electron chi connectivity index (χ1n) is 5.48. The minimum absolute atomic E-state index is 0.0671. The Bertz CT molecular complexity index is 414. The lowest BCUT2D eigenvalue weighted by Crippen LogP contribution is -2.23. The van der Waals surface area contributed by atoms with Crippen molar-refractivity contribution in [2.24, 2.45) is 5.92 Å². The van der Waals surface area contributed by atoms with E-state index in [2.05, 4.69) is 17.5 Å². The lowest BCUT2D eigenvalue weighted by molar-refractivity contribution is -0.120. The van der Waals surface area contributed by atoms with Crippen molar-refractivity contribution in [1.82, 2.24) is 0 Å². The largest absolute Gasteiger partial charge is 0.325 e. The van der Waals surface area contributed by atoms with Crippen molar-refractivity contribution in [3.63, 3.8) is 0 Å². The molecule has 1 aliphatic carbocycles. The number of rotatable bonds is 2. The van der Waals surface area contributed by atoms with Crippen LogP contribution in [0, 0.1) is 5.92 Å². The van der Waals surface area contributed by atoms with Crippen molar-refractivity contribution in [3.8, 4) is 0 Å². The van der Waals surface area contributed by atoms with E-state index < -0.39 is 0 Å². The molecular formula is C13H14ClNO. The van der Waals surface area contributed by atoms with Crippen LogP contribution in [0.2, 0.25) is 5.02 Å². The van der Waals surface area contributed by atoms with Crippen LogP contribution in [-0.2, 0) is 4.79 Å². The van der Waals surface area contributed by atoms with Gasteiger partial charge in [0.15, 0.2) is 0 Å². The molecule has 3 heteroatoms. The molecule has 1 aliphatic rings. The van der Waals surface area contributed by atoms with Crippen LogP contribution in [0.4, 0.5) is 5.69 Å². The highest BCUT2D eigenvalue weighted by molar-refractivity contribution is 6.33. The Morgan fingerprint density at radius 3 is 2.81 bits per heavy atom. The maximum atomic E-state index is 11.9. The number of carbonyl (C=O) groups is 1. The van der Waals surface area contributed by atoms with Crippen LogP contribution in [0.25, 0.3) is 0 Å². The van der Waals surface area contributed by atoms with E-state index in [0.717, 1.165) is 19.3 Å². The van der Waals surface area contributed by atoms with Crippen molar-refractivity contribution in [1.29, 1.82) is 0 Å². The molecule has 1 aromatic carbocycles. The Labute approximate surface area is 100 Å². The van der Waals surface area contributed by atoms with E-state index in [1.807, 2.05) is 18.2 Å². The molecule has 2 rings (SSSR count).